The van der Waals surface area contributed by atoms with Crippen LogP contribution in [0.25, 0.3) is 0 Å². The molecular formula is C10H5Cl2F2N3. The van der Waals surface area contributed by atoms with Gasteiger partial charge in [-0.2, -0.15) is 0 Å². The Morgan fingerprint density at radius 1 is 1.00 bits per heavy atom. The maximum Gasteiger partial charge on any atom is 0.230 e. The number of anilines is 2. The van der Waals surface area contributed by atoms with Gasteiger partial charge in [0.05, 0.1) is 5.69 Å². The normalized spacial score (nSPS) is 10.4. The number of benzene rings is 1. The molecular weight excluding hydrogens is 271 g/mol. The average Bonchev–Trinajstić information content (AvgIpc) is 2.21. The van der Waals surface area contributed by atoms with E-state index in [1.54, 1.807) is 0 Å². The molecule has 17 heavy (non-hydrogen) atoms. The lowest BCUT2D eigenvalue weighted by Crippen LogP contribution is -1.99. The maximum absolute atomic E-state index is 13.3. The number of nitrogens with one attached hydrogen (secondary N) is 1. The Hall–Kier alpha value is -1.46. The number of nitrogens with zero attached hydrogens (tertiary/aromatic N) is 2. The molecule has 0 aliphatic rings. The fourth-order valence-corrected chi connectivity index (χ4v) is 1.58. The van der Waals surface area contributed by atoms with Crippen LogP contribution in [-0.2, 0) is 0 Å². The molecule has 0 saturated heterocycles. The first-order chi connectivity index (χ1) is 8.04. The Balaban J connectivity index is 2.31. The van der Waals surface area contributed by atoms with Gasteiger partial charge in [-0.25, -0.2) is 18.7 Å². The highest BCUT2D eigenvalue weighted by Gasteiger charge is 2.07. The zero-order valence-corrected chi connectivity index (χ0v) is 9.73. The van der Waals surface area contributed by atoms with Crippen molar-refractivity contribution in [3.05, 3.63) is 46.2 Å². The molecule has 2 aromatic rings. The highest BCUT2D eigenvalue weighted by atomic mass is 35.5. The predicted octanol–water partition coefficient (Wildman–Crippen LogP) is 3.81. The monoisotopic (exact) mass is 275 g/mol. The molecule has 7 heteroatoms. The third-order valence-corrected chi connectivity index (χ3v) is 2.23. The summed E-state index contributed by atoms with van der Waals surface area (Å²) in [6.07, 6.45) is 0. The zero-order chi connectivity index (χ0) is 12.4. The van der Waals surface area contributed by atoms with Gasteiger partial charge in [-0.15, -0.1) is 0 Å². The molecule has 0 fully saturated rings. The summed E-state index contributed by atoms with van der Waals surface area (Å²) in [7, 11) is 0. The summed E-state index contributed by atoms with van der Waals surface area (Å²) in [5.41, 5.74) is 0.0322. The third-order valence-electron chi connectivity index (χ3n) is 1.84. The minimum atomic E-state index is -0.760. The number of hydrogen-bond acceptors (Lipinski definition) is 3. The number of rotatable bonds is 2. The number of aromatic nitrogens is 2. The van der Waals surface area contributed by atoms with Gasteiger partial charge in [0, 0.05) is 12.1 Å². The van der Waals surface area contributed by atoms with Crippen LogP contribution in [0.1, 0.15) is 0 Å². The first kappa shape index (κ1) is 12.0. The highest BCUT2D eigenvalue weighted by Crippen LogP contribution is 2.21. The quantitative estimate of drug-likeness (QED) is 0.847. The van der Waals surface area contributed by atoms with Crippen LogP contribution in [-0.4, -0.2) is 9.97 Å². The molecule has 0 spiro atoms. The largest absolute Gasteiger partial charge is 0.322 e. The van der Waals surface area contributed by atoms with Crippen molar-refractivity contribution in [2.75, 3.05) is 5.32 Å². The lowest BCUT2D eigenvalue weighted by molar-refractivity contribution is 0.586. The van der Waals surface area contributed by atoms with E-state index in [1.807, 2.05) is 0 Å². The average molecular weight is 276 g/mol. The van der Waals surface area contributed by atoms with Crippen molar-refractivity contribution in [3.8, 4) is 0 Å². The molecule has 0 amide bonds. The highest BCUT2D eigenvalue weighted by molar-refractivity contribution is 6.33. The van der Waals surface area contributed by atoms with Gasteiger partial charge >= 0.3 is 0 Å². The summed E-state index contributed by atoms with van der Waals surface area (Å²) in [4.78, 5) is 7.58. The van der Waals surface area contributed by atoms with Crippen molar-refractivity contribution in [1.29, 1.82) is 0 Å². The second-order valence-electron chi connectivity index (χ2n) is 3.09. The van der Waals surface area contributed by atoms with Crippen LogP contribution >= 0.6 is 23.2 Å². The van der Waals surface area contributed by atoms with Gasteiger partial charge in [0.25, 0.3) is 0 Å². The van der Waals surface area contributed by atoms with Crippen LogP contribution in [0.5, 0.6) is 0 Å². The topological polar surface area (TPSA) is 37.8 Å². The predicted molar refractivity (Wildman–Crippen MR) is 61.7 cm³/mol. The Morgan fingerprint density at radius 2 is 1.65 bits per heavy atom. The van der Waals surface area contributed by atoms with E-state index in [2.05, 4.69) is 15.3 Å². The molecule has 0 saturated carbocycles. The van der Waals surface area contributed by atoms with Crippen LogP contribution in [0.2, 0.25) is 10.3 Å². The Bertz CT molecular complexity index is 543. The van der Waals surface area contributed by atoms with E-state index < -0.39 is 11.6 Å². The van der Waals surface area contributed by atoms with Crippen LogP contribution in [0.4, 0.5) is 20.4 Å². The van der Waals surface area contributed by atoms with Crippen LogP contribution in [0.3, 0.4) is 0 Å². The lowest BCUT2D eigenvalue weighted by Gasteiger charge is -2.06. The number of halogens is 4. The fraction of sp³-hybridized carbons (Fsp3) is 0. The molecule has 0 bridgehead atoms. The Morgan fingerprint density at radius 3 is 2.24 bits per heavy atom. The molecule has 0 aliphatic heterocycles. The molecule has 0 atom stereocenters. The summed E-state index contributed by atoms with van der Waals surface area (Å²) in [5.74, 6) is -1.39. The number of hydrogen-bond donors (Lipinski definition) is 1. The summed E-state index contributed by atoms with van der Waals surface area (Å²) in [6, 6.07) is 4.42. The van der Waals surface area contributed by atoms with Gasteiger partial charge in [-0.3, -0.25) is 0 Å². The summed E-state index contributed by atoms with van der Waals surface area (Å²) < 4.78 is 26.0. The summed E-state index contributed by atoms with van der Waals surface area (Å²) >= 11 is 11.3. The minimum Gasteiger partial charge on any atom is -0.322 e. The van der Waals surface area contributed by atoms with E-state index in [-0.39, 0.29) is 21.9 Å². The second kappa shape index (κ2) is 4.81. The van der Waals surface area contributed by atoms with Gasteiger partial charge in [-0.05, 0) is 12.1 Å². The molecule has 0 radical (unpaired) electrons. The van der Waals surface area contributed by atoms with Crippen molar-refractivity contribution in [2.45, 2.75) is 0 Å². The third kappa shape index (κ3) is 3.01. The molecule has 1 heterocycles. The van der Waals surface area contributed by atoms with Crippen LogP contribution < -0.4 is 5.32 Å². The van der Waals surface area contributed by atoms with Crippen LogP contribution in [0, 0.1) is 11.6 Å². The van der Waals surface area contributed by atoms with Crippen molar-refractivity contribution in [2.24, 2.45) is 0 Å². The van der Waals surface area contributed by atoms with E-state index in [1.165, 1.54) is 12.1 Å². The summed E-state index contributed by atoms with van der Waals surface area (Å²) in [5, 5.41) is 2.79. The van der Waals surface area contributed by atoms with E-state index >= 15 is 0 Å². The van der Waals surface area contributed by atoms with Crippen molar-refractivity contribution in [1.82, 2.24) is 9.97 Å². The smallest absolute Gasteiger partial charge is 0.230 e. The van der Waals surface area contributed by atoms with Gasteiger partial charge in [0.2, 0.25) is 5.95 Å². The minimum absolute atomic E-state index is 0.0322. The van der Waals surface area contributed by atoms with E-state index in [0.717, 1.165) is 12.1 Å². The van der Waals surface area contributed by atoms with Gasteiger partial charge < -0.3 is 5.32 Å². The Labute approximate surface area is 105 Å². The SMILES string of the molecule is Fc1ccc(Nc2nc(Cl)cc(Cl)n2)c(F)c1. The molecule has 3 nitrogen and oxygen atoms in total. The molecule has 88 valence electrons. The van der Waals surface area contributed by atoms with Crippen molar-refractivity contribution in [3.63, 3.8) is 0 Å². The Kier molecular flexibility index (Phi) is 3.40. The molecule has 1 aromatic heterocycles. The standard InChI is InChI=1S/C10H5Cl2F2N3/c11-8-4-9(12)17-10(16-8)15-7-2-1-5(13)3-6(7)14/h1-4H,(H,15,16,17). The maximum atomic E-state index is 13.3. The fourth-order valence-electron chi connectivity index (χ4n) is 1.16. The molecule has 1 aromatic carbocycles. The van der Waals surface area contributed by atoms with E-state index in [4.69, 9.17) is 23.2 Å². The van der Waals surface area contributed by atoms with Crippen molar-refractivity contribution < 1.29 is 8.78 Å². The van der Waals surface area contributed by atoms with Gasteiger partial charge in [0.15, 0.2) is 0 Å². The molecule has 2 rings (SSSR count). The van der Waals surface area contributed by atoms with E-state index in [9.17, 15) is 8.78 Å². The summed E-state index contributed by atoms with van der Waals surface area (Å²) in [6.45, 7) is 0. The van der Waals surface area contributed by atoms with Crippen LogP contribution in [0.15, 0.2) is 24.3 Å². The first-order valence-electron chi connectivity index (χ1n) is 4.47. The molecule has 0 aliphatic carbocycles. The second-order valence-corrected chi connectivity index (χ2v) is 3.86. The van der Waals surface area contributed by atoms with Gasteiger partial charge in [-0.1, -0.05) is 23.2 Å². The van der Waals surface area contributed by atoms with Gasteiger partial charge in [0.1, 0.15) is 21.9 Å². The van der Waals surface area contributed by atoms with E-state index in [0.29, 0.717) is 0 Å². The van der Waals surface area contributed by atoms with Crippen molar-refractivity contribution >= 4 is 34.8 Å². The molecule has 0 unspecified atom stereocenters. The zero-order valence-electron chi connectivity index (χ0n) is 8.22. The first-order valence-corrected chi connectivity index (χ1v) is 5.22. The lowest BCUT2D eigenvalue weighted by atomic mass is 10.3. The molecule has 1 N–H and O–H groups in total.